The van der Waals surface area contributed by atoms with Crippen molar-refractivity contribution >= 4 is 0 Å². The second kappa shape index (κ2) is 3.77. The molecule has 0 amide bonds. The quantitative estimate of drug-likeness (QED) is 0.420. The SMILES string of the molecule is O=[N+]([O-])N1CCCN([N+](=O)[O-])N1[N+](=O)[O-]. The van der Waals surface area contributed by atoms with E-state index in [9.17, 15) is 30.3 Å². The van der Waals surface area contributed by atoms with Gasteiger partial charge in [-0.1, -0.05) is 0 Å². The summed E-state index contributed by atoms with van der Waals surface area (Å²) in [4.78, 5) is 31.2. The highest BCUT2D eigenvalue weighted by Crippen LogP contribution is 2.12. The van der Waals surface area contributed by atoms with E-state index in [2.05, 4.69) is 0 Å². The molecule has 0 saturated carbocycles. The molecule has 0 aliphatic carbocycles. The van der Waals surface area contributed by atoms with Crippen molar-refractivity contribution in [3.05, 3.63) is 30.3 Å². The first-order chi connectivity index (χ1) is 6.95. The summed E-state index contributed by atoms with van der Waals surface area (Å²) in [5.74, 6) is 0. The molecule has 1 rings (SSSR count). The van der Waals surface area contributed by atoms with Crippen LogP contribution in [0.4, 0.5) is 0 Å². The van der Waals surface area contributed by atoms with Crippen LogP contribution in [0.1, 0.15) is 6.42 Å². The van der Waals surface area contributed by atoms with E-state index < -0.39 is 15.1 Å². The van der Waals surface area contributed by atoms with E-state index in [0.29, 0.717) is 0 Å². The third kappa shape index (κ3) is 1.92. The molecule has 0 N–H and O–H groups in total. The monoisotopic (exact) mass is 222 g/mol. The van der Waals surface area contributed by atoms with Crippen molar-refractivity contribution in [3.63, 3.8) is 0 Å². The fraction of sp³-hybridized carbons (Fsp3) is 1.00. The summed E-state index contributed by atoms with van der Waals surface area (Å²) in [6.07, 6.45) is 0.0896. The van der Waals surface area contributed by atoms with Crippen LogP contribution in [0.5, 0.6) is 0 Å². The Labute approximate surface area is 81.6 Å². The lowest BCUT2D eigenvalue weighted by molar-refractivity contribution is -0.931. The van der Waals surface area contributed by atoms with Crippen molar-refractivity contribution in [1.82, 2.24) is 15.5 Å². The van der Waals surface area contributed by atoms with Crippen LogP contribution >= 0.6 is 0 Å². The molecule has 0 aromatic rings. The average Bonchev–Trinajstić information content (AvgIpc) is 2.16. The fourth-order valence-corrected chi connectivity index (χ4v) is 1.11. The predicted molar refractivity (Wildman–Crippen MR) is 40.9 cm³/mol. The third-order valence-corrected chi connectivity index (χ3v) is 1.65. The number of hydrazine groups is 5. The molecule has 0 bridgehead atoms. The van der Waals surface area contributed by atoms with Crippen LogP contribution in [0.2, 0.25) is 0 Å². The van der Waals surface area contributed by atoms with Gasteiger partial charge < -0.3 is 0 Å². The van der Waals surface area contributed by atoms with Crippen molar-refractivity contribution in [2.24, 2.45) is 0 Å². The maximum atomic E-state index is 10.4. The zero-order chi connectivity index (χ0) is 11.6. The average molecular weight is 222 g/mol. The smallest absolute Gasteiger partial charge is 0.213 e. The molecule has 1 heterocycles. The minimum absolute atomic E-state index is 0.0757. The molecular formula is C3H6N6O6. The Bertz CT molecular complexity index is 283. The Morgan fingerprint density at radius 1 is 0.800 bits per heavy atom. The van der Waals surface area contributed by atoms with Crippen molar-refractivity contribution in [3.8, 4) is 0 Å². The van der Waals surface area contributed by atoms with Crippen LogP contribution in [0.25, 0.3) is 0 Å². The molecule has 84 valence electrons. The Morgan fingerprint density at radius 3 is 1.47 bits per heavy atom. The summed E-state index contributed by atoms with van der Waals surface area (Å²) >= 11 is 0. The van der Waals surface area contributed by atoms with E-state index in [1.54, 1.807) is 0 Å². The summed E-state index contributed by atoms with van der Waals surface area (Å²) in [5, 5.41) is 27.7. The molecule has 12 heteroatoms. The van der Waals surface area contributed by atoms with E-state index in [4.69, 9.17) is 0 Å². The summed E-state index contributed by atoms with van der Waals surface area (Å²) in [6, 6.07) is 0. The van der Waals surface area contributed by atoms with E-state index in [0.717, 1.165) is 0 Å². The first-order valence-corrected chi connectivity index (χ1v) is 3.73. The van der Waals surface area contributed by atoms with Gasteiger partial charge in [0.25, 0.3) is 0 Å². The molecule has 0 radical (unpaired) electrons. The van der Waals surface area contributed by atoms with Crippen molar-refractivity contribution in [1.29, 1.82) is 0 Å². The molecule has 1 aliphatic heterocycles. The van der Waals surface area contributed by atoms with Gasteiger partial charge in [0, 0.05) is 10.2 Å². The largest absolute Gasteiger partial charge is 0.233 e. The van der Waals surface area contributed by atoms with Crippen LogP contribution in [0, 0.1) is 30.3 Å². The molecular weight excluding hydrogens is 216 g/mol. The van der Waals surface area contributed by atoms with Gasteiger partial charge in [-0.05, 0) is 6.42 Å². The van der Waals surface area contributed by atoms with Crippen LogP contribution in [0.3, 0.4) is 0 Å². The topological polar surface area (TPSA) is 139 Å². The highest BCUT2D eigenvalue weighted by molar-refractivity contribution is 4.48. The molecule has 1 aliphatic rings. The summed E-state index contributed by atoms with van der Waals surface area (Å²) in [6.45, 7) is -0.503. The Hall–Kier alpha value is -2.40. The van der Waals surface area contributed by atoms with Gasteiger partial charge >= 0.3 is 0 Å². The Morgan fingerprint density at radius 2 is 1.20 bits per heavy atom. The molecule has 0 aromatic carbocycles. The molecule has 1 fully saturated rings. The Balaban J connectivity index is 2.95. The standard InChI is InChI=1S/C3H6N6O6/c10-7(11)4-2-1-3-5(8(12)13)6(4)9(14)15/h1-3H2. The lowest BCUT2D eigenvalue weighted by Gasteiger charge is -2.26. The van der Waals surface area contributed by atoms with Gasteiger partial charge in [-0.15, -0.1) is 0 Å². The number of rotatable bonds is 3. The molecule has 0 unspecified atom stereocenters. The van der Waals surface area contributed by atoms with Crippen LogP contribution in [-0.4, -0.2) is 43.6 Å². The maximum absolute atomic E-state index is 10.4. The van der Waals surface area contributed by atoms with Crippen molar-refractivity contribution < 1.29 is 15.1 Å². The maximum Gasteiger partial charge on any atom is 0.213 e. The number of hydrogen-bond donors (Lipinski definition) is 0. The van der Waals surface area contributed by atoms with Gasteiger partial charge in [0.15, 0.2) is 15.3 Å². The van der Waals surface area contributed by atoms with Gasteiger partial charge in [0.2, 0.25) is 5.03 Å². The lowest BCUT2D eigenvalue weighted by Crippen LogP contribution is -2.63. The normalized spacial score (nSPS) is 16.4. The lowest BCUT2D eigenvalue weighted by atomic mass is 10.4. The zero-order valence-corrected chi connectivity index (χ0v) is 7.25. The van der Waals surface area contributed by atoms with Gasteiger partial charge in [0.05, 0.1) is 0 Å². The van der Waals surface area contributed by atoms with Crippen LogP contribution < -0.4 is 0 Å². The molecule has 12 nitrogen and oxygen atoms in total. The molecule has 0 aromatic heterocycles. The summed E-state index contributed by atoms with van der Waals surface area (Å²) in [7, 11) is 0. The van der Waals surface area contributed by atoms with Gasteiger partial charge in [-0.3, -0.25) is 0 Å². The minimum Gasteiger partial charge on any atom is -0.233 e. The van der Waals surface area contributed by atoms with Crippen molar-refractivity contribution in [2.45, 2.75) is 6.42 Å². The van der Waals surface area contributed by atoms with Gasteiger partial charge in [-0.25, -0.2) is 30.3 Å². The van der Waals surface area contributed by atoms with Crippen LogP contribution in [-0.2, 0) is 0 Å². The van der Waals surface area contributed by atoms with Crippen molar-refractivity contribution in [2.75, 3.05) is 13.1 Å². The zero-order valence-electron chi connectivity index (χ0n) is 7.25. The first-order valence-electron chi connectivity index (χ1n) is 3.73. The minimum atomic E-state index is -1.22. The third-order valence-electron chi connectivity index (χ3n) is 1.65. The highest BCUT2D eigenvalue weighted by Gasteiger charge is 2.47. The molecule has 0 atom stereocenters. The van der Waals surface area contributed by atoms with E-state index in [1.807, 2.05) is 0 Å². The van der Waals surface area contributed by atoms with E-state index >= 15 is 0 Å². The number of nitro groups is 3. The van der Waals surface area contributed by atoms with E-state index in [-0.39, 0.29) is 35.0 Å². The van der Waals surface area contributed by atoms with Crippen LogP contribution in [0.15, 0.2) is 0 Å². The predicted octanol–water partition coefficient (Wildman–Crippen LogP) is -1.30. The van der Waals surface area contributed by atoms with E-state index in [1.165, 1.54) is 0 Å². The Kier molecular flexibility index (Phi) is 2.68. The highest BCUT2D eigenvalue weighted by atomic mass is 16.8. The second-order valence-corrected chi connectivity index (χ2v) is 2.53. The summed E-state index contributed by atoms with van der Waals surface area (Å²) in [5.41, 5.74) is 0. The molecule has 1 saturated heterocycles. The molecule has 0 spiro atoms. The summed E-state index contributed by atoms with van der Waals surface area (Å²) < 4.78 is 0. The first kappa shape index (κ1) is 10.7. The number of hydrogen-bond acceptors (Lipinski definition) is 6. The second-order valence-electron chi connectivity index (χ2n) is 2.53. The fourth-order valence-electron chi connectivity index (χ4n) is 1.11. The van der Waals surface area contributed by atoms with Gasteiger partial charge in [-0.2, -0.15) is 0 Å². The van der Waals surface area contributed by atoms with Gasteiger partial charge in [0.1, 0.15) is 13.1 Å². The number of nitrogens with zero attached hydrogens (tertiary/aromatic N) is 6. The molecule has 15 heavy (non-hydrogen) atoms.